The zero-order valence-corrected chi connectivity index (χ0v) is 29.5. The molecule has 0 unspecified atom stereocenters. The Hall–Kier alpha value is -7.24. The number of hydrogen-bond acceptors (Lipinski definition) is 4. The van der Waals surface area contributed by atoms with Crippen molar-refractivity contribution in [1.82, 2.24) is 0 Å². The number of anilines is 6. The van der Waals surface area contributed by atoms with E-state index in [2.05, 4.69) is 186 Å². The first kappa shape index (κ1) is 29.2. The molecule has 13 rings (SSSR count). The van der Waals surface area contributed by atoms with E-state index in [0.717, 1.165) is 55.3 Å². The predicted molar refractivity (Wildman–Crippen MR) is 230 cm³/mol. The van der Waals surface area contributed by atoms with E-state index in [-0.39, 0.29) is 6.71 Å². The lowest BCUT2D eigenvalue weighted by atomic mass is 9.33. The number of benzene rings is 9. The summed E-state index contributed by atoms with van der Waals surface area (Å²) >= 11 is 0. The Kier molecular flexibility index (Phi) is 5.68. The van der Waals surface area contributed by atoms with E-state index in [1.165, 1.54) is 60.7 Å². The monoisotopic (exact) mass is 700 g/mol. The molecule has 254 valence electrons. The minimum Gasteiger partial charge on any atom is -0.456 e. The molecule has 0 aliphatic carbocycles. The van der Waals surface area contributed by atoms with Crippen molar-refractivity contribution in [2.45, 2.75) is 0 Å². The Labute approximate surface area is 316 Å². The molecule has 11 aromatic rings. The molecule has 0 spiro atoms. The van der Waals surface area contributed by atoms with Gasteiger partial charge in [-0.15, -0.1) is 0 Å². The summed E-state index contributed by atoms with van der Waals surface area (Å²) in [5.41, 5.74) is 14.4. The second-order valence-electron chi connectivity index (χ2n) is 14.9. The van der Waals surface area contributed by atoms with Crippen LogP contribution in [0, 0.1) is 0 Å². The summed E-state index contributed by atoms with van der Waals surface area (Å²) in [4.78, 5) is 4.91. The lowest BCUT2D eigenvalue weighted by Gasteiger charge is -2.44. The fourth-order valence-electron chi connectivity index (χ4n) is 9.66. The highest BCUT2D eigenvalue weighted by molar-refractivity contribution is 7.00. The van der Waals surface area contributed by atoms with Crippen LogP contribution in [0.2, 0.25) is 0 Å². The smallest absolute Gasteiger partial charge is 0.252 e. The van der Waals surface area contributed by atoms with Gasteiger partial charge < -0.3 is 18.6 Å². The highest BCUT2D eigenvalue weighted by Crippen LogP contribution is 2.46. The molecule has 55 heavy (non-hydrogen) atoms. The van der Waals surface area contributed by atoms with Gasteiger partial charge in [0.05, 0.1) is 0 Å². The number of furan rings is 2. The maximum atomic E-state index is 6.45. The third-order valence-corrected chi connectivity index (χ3v) is 12.0. The SMILES string of the molecule is c1ccc2c(c1)B1c3ccccc3N(c3ccc4oc5ccc6ccccc6c5c4c3)c3cccc(c31)N2c1ccc2oc3cc4ccccc4cc3c2c1. The number of rotatable bonds is 2. The van der Waals surface area contributed by atoms with E-state index in [1.54, 1.807) is 0 Å². The molecular formula is C50H29BN2O2. The fourth-order valence-corrected chi connectivity index (χ4v) is 9.66. The maximum absolute atomic E-state index is 6.45. The molecule has 0 amide bonds. The van der Waals surface area contributed by atoms with Crippen LogP contribution in [0.3, 0.4) is 0 Å². The molecule has 0 fully saturated rings. The number of nitrogens with zero attached hydrogens (tertiary/aromatic N) is 2. The van der Waals surface area contributed by atoms with Gasteiger partial charge in [0.1, 0.15) is 22.3 Å². The van der Waals surface area contributed by atoms with E-state index in [4.69, 9.17) is 8.83 Å². The van der Waals surface area contributed by atoms with Gasteiger partial charge in [-0.3, -0.25) is 0 Å². The molecule has 2 aliphatic heterocycles. The van der Waals surface area contributed by atoms with E-state index in [0.29, 0.717) is 0 Å². The highest BCUT2D eigenvalue weighted by atomic mass is 16.3. The molecule has 0 bridgehead atoms. The van der Waals surface area contributed by atoms with Crippen molar-refractivity contribution in [3.05, 3.63) is 176 Å². The molecule has 5 heteroatoms. The number of fused-ring (bicyclic) bond motifs is 13. The minimum atomic E-state index is 0.0679. The van der Waals surface area contributed by atoms with Gasteiger partial charge in [-0.25, -0.2) is 0 Å². The number of hydrogen-bond donors (Lipinski definition) is 0. The molecule has 0 saturated heterocycles. The first-order valence-electron chi connectivity index (χ1n) is 18.9. The fraction of sp³-hybridized carbons (Fsp3) is 0. The zero-order chi connectivity index (χ0) is 35.8. The topological polar surface area (TPSA) is 32.8 Å². The van der Waals surface area contributed by atoms with E-state index in [1.807, 2.05) is 0 Å². The van der Waals surface area contributed by atoms with E-state index in [9.17, 15) is 0 Å². The third-order valence-electron chi connectivity index (χ3n) is 12.0. The summed E-state index contributed by atoms with van der Waals surface area (Å²) in [5, 5.41) is 9.32. The van der Waals surface area contributed by atoms with E-state index < -0.39 is 0 Å². The molecule has 0 N–H and O–H groups in total. The molecule has 2 aromatic heterocycles. The molecular weight excluding hydrogens is 671 g/mol. The summed E-state index contributed by atoms with van der Waals surface area (Å²) in [7, 11) is 0. The van der Waals surface area contributed by atoms with Crippen molar-refractivity contribution >= 4 is 123 Å². The summed E-state index contributed by atoms with van der Waals surface area (Å²) in [6.07, 6.45) is 0. The molecule has 2 aliphatic rings. The third kappa shape index (κ3) is 3.96. The average molecular weight is 701 g/mol. The molecule has 9 aromatic carbocycles. The first-order valence-corrected chi connectivity index (χ1v) is 18.9. The van der Waals surface area contributed by atoms with Crippen molar-refractivity contribution in [3.63, 3.8) is 0 Å². The zero-order valence-electron chi connectivity index (χ0n) is 29.5. The van der Waals surface area contributed by atoms with Crippen LogP contribution in [0.15, 0.2) is 185 Å². The Morgan fingerprint density at radius 3 is 1.60 bits per heavy atom. The van der Waals surface area contributed by atoms with Gasteiger partial charge in [-0.2, -0.15) is 0 Å². The number of para-hydroxylation sites is 2. The first-order chi connectivity index (χ1) is 27.3. The van der Waals surface area contributed by atoms with E-state index >= 15 is 0 Å². The Bertz CT molecular complexity index is 3430. The Balaban J connectivity index is 1.05. The maximum Gasteiger partial charge on any atom is 0.252 e. The van der Waals surface area contributed by atoms with Gasteiger partial charge in [0.2, 0.25) is 0 Å². The van der Waals surface area contributed by atoms with Crippen LogP contribution in [0.25, 0.3) is 65.4 Å². The van der Waals surface area contributed by atoms with Crippen LogP contribution in [0.5, 0.6) is 0 Å². The lowest BCUT2D eigenvalue weighted by molar-refractivity contribution is 0.669. The molecule has 0 saturated carbocycles. The Morgan fingerprint density at radius 1 is 0.345 bits per heavy atom. The summed E-state index contributed by atoms with van der Waals surface area (Å²) in [6, 6.07) is 63.7. The van der Waals surface area contributed by atoms with Crippen LogP contribution in [0.1, 0.15) is 0 Å². The highest BCUT2D eigenvalue weighted by Gasteiger charge is 2.43. The van der Waals surface area contributed by atoms with Gasteiger partial charge in [0, 0.05) is 55.7 Å². The largest absolute Gasteiger partial charge is 0.456 e. The normalized spacial score (nSPS) is 13.3. The van der Waals surface area contributed by atoms with Crippen LogP contribution in [0.4, 0.5) is 34.1 Å². The van der Waals surface area contributed by atoms with Gasteiger partial charge in [0.25, 0.3) is 6.71 Å². The van der Waals surface area contributed by atoms with Crippen molar-refractivity contribution in [1.29, 1.82) is 0 Å². The Morgan fingerprint density at radius 2 is 0.873 bits per heavy atom. The summed E-state index contributed by atoms with van der Waals surface area (Å²) in [5.74, 6) is 0. The molecule has 4 nitrogen and oxygen atoms in total. The molecule has 0 radical (unpaired) electrons. The molecule has 0 atom stereocenters. The second-order valence-corrected chi connectivity index (χ2v) is 14.9. The molecule has 4 heterocycles. The van der Waals surface area contributed by atoms with Crippen LogP contribution in [-0.2, 0) is 0 Å². The van der Waals surface area contributed by atoms with Crippen molar-refractivity contribution in [2.24, 2.45) is 0 Å². The minimum absolute atomic E-state index is 0.0679. The predicted octanol–water partition coefficient (Wildman–Crippen LogP) is 11.9. The van der Waals surface area contributed by atoms with Gasteiger partial charge >= 0.3 is 0 Å². The van der Waals surface area contributed by atoms with Gasteiger partial charge in [0.15, 0.2) is 0 Å². The standard InChI is InChI=1S/C50H29BN2O2/c1-2-12-32-27-48-36(26-31(32)11-1)37-28-33(21-24-45(37)55-48)52-41-16-7-5-14-39(41)51-40-15-6-8-17-42(40)53(44-19-9-18-43(52)50(44)51)34-22-25-46-38(29-34)49-35-13-4-3-10-30(35)20-23-47(49)54-46/h1-29H. The summed E-state index contributed by atoms with van der Waals surface area (Å²) < 4.78 is 12.9. The summed E-state index contributed by atoms with van der Waals surface area (Å²) in [6.45, 7) is 0.0679. The van der Waals surface area contributed by atoms with Gasteiger partial charge in [-0.1, -0.05) is 97.1 Å². The average Bonchev–Trinajstić information content (AvgIpc) is 3.80. The lowest BCUT2D eigenvalue weighted by Crippen LogP contribution is -2.61. The second kappa shape index (κ2) is 10.7. The van der Waals surface area contributed by atoms with Gasteiger partial charge in [-0.05, 0) is 117 Å². The van der Waals surface area contributed by atoms with Crippen molar-refractivity contribution in [3.8, 4) is 0 Å². The van der Waals surface area contributed by atoms with Crippen LogP contribution in [-0.4, -0.2) is 6.71 Å². The van der Waals surface area contributed by atoms with Crippen LogP contribution >= 0.6 is 0 Å². The quantitative estimate of drug-likeness (QED) is 0.168. The van der Waals surface area contributed by atoms with Crippen molar-refractivity contribution in [2.75, 3.05) is 9.80 Å². The van der Waals surface area contributed by atoms with Crippen LogP contribution < -0.4 is 26.2 Å². The van der Waals surface area contributed by atoms with Crippen molar-refractivity contribution < 1.29 is 8.83 Å².